The predicted octanol–water partition coefficient (Wildman–Crippen LogP) is 4.41. The number of ether oxygens (including phenoxy) is 2. The van der Waals surface area contributed by atoms with Gasteiger partial charge in [0.1, 0.15) is 17.0 Å². The summed E-state index contributed by atoms with van der Waals surface area (Å²) in [4.78, 5) is 53.6. The smallest absolute Gasteiger partial charge is 0.410 e. The molecule has 1 aromatic heterocycles. The van der Waals surface area contributed by atoms with Gasteiger partial charge in [0.25, 0.3) is 0 Å². The Morgan fingerprint density at radius 2 is 1.32 bits per heavy atom. The third-order valence-corrected chi connectivity index (χ3v) is 10.8. The summed E-state index contributed by atoms with van der Waals surface area (Å²) in [7, 11) is 0. The van der Waals surface area contributed by atoms with Crippen LogP contribution in [0, 0.1) is 0 Å². The molecule has 0 aromatic carbocycles. The Hall–Kier alpha value is -2.27. The van der Waals surface area contributed by atoms with Crippen molar-refractivity contribution in [1.82, 2.24) is 29.5 Å². The van der Waals surface area contributed by atoms with Gasteiger partial charge in [0.2, 0.25) is 0 Å². The number of nitrogens with zero attached hydrogens (tertiary/aromatic N) is 7. The van der Waals surface area contributed by atoms with Crippen LogP contribution in [0.2, 0.25) is 0 Å². The van der Waals surface area contributed by atoms with Gasteiger partial charge in [0.05, 0.1) is 17.1 Å². The van der Waals surface area contributed by atoms with Crippen LogP contribution < -0.4 is 10.6 Å². The van der Waals surface area contributed by atoms with Crippen molar-refractivity contribution >= 4 is 67.7 Å². The molecule has 5 rings (SSSR count). The summed E-state index contributed by atoms with van der Waals surface area (Å²) in [6, 6.07) is 0. The molecule has 0 aliphatic carbocycles. The molecule has 0 bridgehead atoms. The lowest BCUT2D eigenvalue weighted by molar-refractivity contribution is -0.120. The van der Waals surface area contributed by atoms with Crippen LogP contribution in [0.4, 0.5) is 14.7 Å². The lowest BCUT2D eigenvalue weighted by Gasteiger charge is -2.34. The molecule has 3 saturated heterocycles. The zero-order chi connectivity index (χ0) is 37.2. The second-order valence-corrected chi connectivity index (χ2v) is 17.4. The van der Waals surface area contributed by atoms with Gasteiger partial charge in [-0.1, -0.05) is 41.1 Å². The minimum absolute atomic E-state index is 0.148. The fourth-order valence-corrected chi connectivity index (χ4v) is 7.55. The first-order valence-corrected chi connectivity index (χ1v) is 19.9. The summed E-state index contributed by atoms with van der Waals surface area (Å²) in [5.74, 6) is 0.148. The number of piperazine rings is 2. The second-order valence-electron chi connectivity index (χ2n) is 14.8. The minimum atomic E-state index is -0.486. The van der Waals surface area contributed by atoms with E-state index in [-0.39, 0.29) is 22.8 Å². The molecule has 2 N–H and O–H groups in total. The van der Waals surface area contributed by atoms with Crippen LogP contribution in [0.15, 0.2) is 0 Å². The van der Waals surface area contributed by atoms with Crippen LogP contribution in [0.5, 0.6) is 0 Å². The third kappa shape index (κ3) is 13.7. The number of likely N-dealkylation sites (tertiary alicyclic amines) is 1. The fourth-order valence-electron chi connectivity index (χ4n) is 5.62. The standard InChI is InChI=1S/C17H28N4O2S.C10H16BrNO3.C7H15N3S/c1-5-19-8-10-20(11-9-19)15-18-13-6-7-21(12-14(13)24-15)16(22)23-17(2,3)4;1-10(2,3)15-9(14)12-5-4-8(13)7(11)6-12;1-2-9-3-5-10(6-4-9)7(8)11/h5-12H2,1-4H3;7H,4-6H2,1-3H3;2-6H2,1H3,(H2,8,11). The lowest BCUT2D eigenvalue weighted by Crippen LogP contribution is -2.50. The van der Waals surface area contributed by atoms with Crippen LogP contribution in [-0.2, 0) is 27.2 Å². The van der Waals surface area contributed by atoms with Gasteiger partial charge in [-0.3, -0.25) is 4.79 Å². The number of ketones is 1. The summed E-state index contributed by atoms with van der Waals surface area (Å²) in [6.45, 7) is 28.4. The molecule has 16 heteroatoms. The van der Waals surface area contributed by atoms with E-state index in [1.807, 2.05) is 41.5 Å². The number of hydrogen-bond donors (Lipinski definition) is 1. The Bertz CT molecular complexity index is 1290. The average Bonchev–Trinajstić information content (AvgIpc) is 3.49. The zero-order valence-corrected chi connectivity index (χ0v) is 34.6. The molecule has 1 aromatic rings. The number of fused-ring (bicyclic) bond motifs is 1. The number of thiazole rings is 1. The molecule has 2 amide bonds. The Kier molecular flexibility index (Phi) is 16.0. The number of likely N-dealkylation sites (N-methyl/N-ethyl adjacent to an activating group) is 2. The zero-order valence-electron chi connectivity index (χ0n) is 31.3. The van der Waals surface area contributed by atoms with Crippen molar-refractivity contribution in [2.75, 3.05) is 90.0 Å². The number of thiocarbonyl (C=S) groups is 1. The summed E-state index contributed by atoms with van der Waals surface area (Å²) in [6.07, 6.45) is 0.647. The lowest BCUT2D eigenvalue weighted by atomic mass is 10.1. The number of amides is 2. The van der Waals surface area contributed by atoms with Crippen molar-refractivity contribution < 1.29 is 23.9 Å². The van der Waals surface area contributed by atoms with E-state index in [0.717, 1.165) is 82.7 Å². The van der Waals surface area contributed by atoms with Crippen LogP contribution in [-0.4, -0.2) is 154 Å². The Morgan fingerprint density at radius 3 is 1.80 bits per heavy atom. The van der Waals surface area contributed by atoms with Crippen molar-refractivity contribution in [2.24, 2.45) is 5.73 Å². The number of alkyl halides is 1. The minimum Gasteiger partial charge on any atom is -0.444 e. The van der Waals surface area contributed by atoms with Gasteiger partial charge in [-0.15, -0.1) is 0 Å². The molecule has 4 aliphatic heterocycles. The maximum atomic E-state index is 12.3. The first-order valence-electron chi connectivity index (χ1n) is 17.7. The molecule has 0 radical (unpaired) electrons. The van der Waals surface area contributed by atoms with Gasteiger partial charge in [-0.25, -0.2) is 14.6 Å². The van der Waals surface area contributed by atoms with Crippen LogP contribution in [0.1, 0.15) is 72.4 Å². The molecule has 284 valence electrons. The molecular formula is C34H59BrN8O5S2. The van der Waals surface area contributed by atoms with Crippen LogP contribution >= 0.6 is 39.5 Å². The average molecular weight is 804 g/mol. The van der Waals surface area contributed by atoms with E-state index in [2.05, 4.69) is 49.4 Å². The highest BCUT2D eigenvalue weighted by molar-refractivity contribution is 9.10. The highest BCUT2D eigenvalue weighted by atomic mass is 79.9. The molecule has 3 fully saturated rings. The molecule has 1 unspecified atom stereocenters. The highest BCUT2D eigenvalue weighted by Gasteiger charge is 2.31. The van der Waals surface area contributed by atoms with Crippen LogP contribution in [0.25, 0.3) is 0 Å². The van der Waals surface area contributed by atoms with E-state index in [1.54, 1.807) is 21.1 Å². The van der Waals surface area contributed by atoms with E-state index < -0.39 is 11.2 Å². The topological polar surface area (TPSA) is 128 Å². The van der Waals surface area contributed by atoms with Crippen molar-refractivity contribution in [3.63, 3.8) is 0 Å². The van der Waals surface area contributed by atoms with Gasteiger partial charge in [-0.05, 0) is 66.8 Å². The molecule has 1 atom stereocenters. The number of piperidine rings is 1. The van der Waals surface area contributed by atoms with E-state index >= 15 is 0 Å². The molecular weight excluding hydrogens is 744 g/mol. The molecule has 5 heterocycles. The van der Waals surface area contributed by atoms with Gasteiger partial charge < -0.3 is 44.6 Å². The number of nitrogens with two attached hydrogens (primary N) is 1. The number of rotatable bonds is 3. The van der Waals surface area contributed by atoms with Gasteiger partial charge in [-0.2, -0.15) is 0 Å². The summed E-state index contributed by atoms with van der Waals surface area (Å²) < 4.78 is 10.7. The number of aromatic nitrogens is 1. The Balaban J connectivity index is 0.000000222. The molecule has 13 nitrogen and oxygen atoms in total. The Morgan fingerprint density at radius 1 is 0.820 bits per heavy atom. The summed E-state index contributed by atoms with van der Waals surface area (Å²) >= 11 is 9.86. The SMILES string of the molecule is CC(C)(C)OC(=O)N1CCC(=O)C(Br)C1.CCN1CCN(C(N)=S)CC1.CCN1CCN(c2nc3c(s2)CN(C(=O)OC(C)(C)C)CC3)CC1. The molecule has 4 aliphatic rings. The first-order chi connectivity index (χ1) is 23.4. The molecule has 0 saturated carbocycles. The van der Waals surface area contributed by atoms with Gasteiger partial charge in [0.15, 0.2) is 10.2 Å². The van der Waals surface area contributed by atoms with Crippen molar-refractivity contribution in [3.05, 3.63) is 10.6 Å². The summed E-state index contributed by atoms with van der Waals surface area (Å²) in [5, 5.41) is 1.66. The van der Waals surface area contributed by atoms with E-state index in [9.17, 15) is 14.4 Å². The number of hydrogen-bond acceptors (Lipinski definition) is 11. The quantitative estimate of drug-likeness (QED) is 0.344. The third-order valence-electron chi connectivity index (χ3n) is 8.60. The van der Waals surface area contributed by atoms with E-state index in [1.165, 1.54) is 4.88 Å². The fraction of sp³-hybridized carbons (Fsp3) is 0.794. The largest absolute Gasteiger partial charge is 0.444 e. The normalized spacial score (nSPS) is 20.6. The molecule has 0 spiro atoms. The van der Waals surface area contributed by atoms with Crippen molar-refractivity contribution in [3.8, 4) is 0 Å². The predicted molar refractivity (Wildman–Crippen MR) is 207 cm³/mol. The number of carbonyl (C=O) groups is 3. The highest BCUT2D eigenvalue weighted by Crippen LogP contribution is 2.32. The van der Waals surface area contributed by atoms with Crippen molar-refractivity contribution in [2.45, 2.75) is 90.8 Å². The number of anilines is 1. The monoisotopic (exact) mass is 802 g/mol. The Labute approximate surface area is 316 Å². The first kappa shape index (κ1) is 42.1. The maximum absolute atomic E-state index is 12.3. The van der Waals surface area contributed by atoms with E-state index in [4.69, 9.17) is 32.4 Å². The number of Topliss-reactive ketones (excluding diaryl/α,β-unsaturated/α-hetero) is 1. The molecule has 50 heavy (non-hydrogen) atoms. The number of carbonyl (C=O) groups excluding carboxylic acids is 3. The maximum Gasteiger partial charge on any atom is 0.410 e. The number of halogens is 1. The van der Waals surface area contributed by atoms with Gasteiger partial charge >= 0.3 is 12.2 Å². The van der Waals surface area contributed by atoms with Crippen molar-refractivity contribution in [1.29, 1.82) is 0 Å². The van der Waals surface area contributed by atoms with Gasteiger partial charge in [0, 0.05) is 89.7 Å². The second kappa shape index (κ2) is 19.0. The van der Waals surface area contributed by atoms with E-state index in [0.29, 0.717) is 37.7 Å². The van der Waals surface area contributed by atoms with Crippen LogP contribution in [0.3, 0.4) is 0 Å². The summed E-state index contributed by atoms with van der Waals surface area (Å²) in [5.41, 5.74) is 5.72.